The molecule has 9 heteroatoms. The Morgan fingerprint density at radius 3 is 2.76 bits per heavy atom. The molecule has 2 rings (SSSR count). The van der Waals surface area contributed by atoms with E-state index in [1.54, 1.807) is 31.5 Å². The van der Waals surface area contributed by atoms with Crippen molar-refractivity contribution in [1.82, 2.24) is 4.98 Å². The van der Waals surface area contributed by atoms with Gasteiger partial charge < -0.3 is 10.1 Å². The standard InChI is InChI=1S/C16H15N3O5S/c1-10-8-11(19(22)23)5-6-13(10)18-14(20)9-24-16(21)12-4-3-7-17-15(12)25-2/h3-8H,9H2,1-2H3,(H,18,20). The molecule has 0 bridgehead atoms. The highest BCUT2D eigenvalue weighted by molar-refractivity contribution is 7.98. The average Bonchev–Trinajstić information content (AvgIpc) is 2.61. The third-order valence-corrected chi connectivity index (χ3v) is 3.93. The van der Waals surface area contributed by atoms with Crippen molar-refractivity contribution < 1.29 is 19.2 Å². The van der Waals surface area contributed by atoms with Crippen LogP contribution in [0.3, 0.4) is 0 Å². The number of aryl methyl sites for hydroxylation is 1. The topological polar surface area (TPSA) is 111 Å². The van der Waals surface area contributed by atoms with E-state index in [-0.39, 0.29) is 11.3 Å². The Kier molecular flexibility index (Phi) is 6.07. The maximum atomic E-state index is 12.0. The molecule has 0 spiro atoms. The van der Waals surface area contributed by atoms with E-state index in [1.807, 2.05) is 0 Å². The van der Waals surface area contributed by atoms with Crippen LogP contribution in [-0.2, 0) is 9.53 Å². The highest BCUT2D eigenvalue weighted by Gasteiger charge is 2.16. The van der Waals surface area contributed by atoms with Crippen LogP contribution in [-0.4, -0.2) is 34.6 Å². The zero-order valence-corrected chi connectivity index (χ0v) is 14.3. The normalized spacial score (nSPS) is 10.2. The molecule has 0 radical (unpaired) electrons. The number of ether oxygens (including phenoxy) is 1. The summed E-state index contributed by atoms with van der Waals surface area (Å²) in [5.41, 5.74) is 1.17. The Morgan fingerprint density at radius 2 is 2.12 bits per heavy atom. The summed E-state index contributed by atoms with van der Waals surface area (Å²) in [5.74, 6) is -1.19. The van der Waals surface area contributed by atoms with Crippen LogP contribution in [0.1, 0.15) is 15.9 Å². The Labute approximate surface area is 147 Å². The summed E-state index contributed by atoms with van der Waals surface area (Å²) in [4.78, 5) is 38.2. The largest absolute Gasteiger partial charge is 0.452 e. The maximum absolute atomic E-state index is 12.0. The molecule has 1 N–H and O–H groups in total. The number of non-ortho nitro benzene ring substituents is 1. The van der Waals surface area contributed by atoms with Crippen molar-refractivity contribution in [3.8, 4) is 0 Å². The van der Waals surface area contributed by atoms with Crippen LogP contribution in [0.2, 0.25) is 0 Å². The van der Waals surface area contributed by atoms with Crippen LogP contribution in [0, 0.1) is 17.0 Å². The second-order valence-corrected chi connectivity index (χ2v) is 5.74. The van der Waals surface area contributed by atoms with Crippen LogP contribution in [0.15, 0.2) is 41.6 Å². The molecule has 1 heterocycles. The number of anilines is 1. The van der Waals surface area contributed by atoms with Gasteiger partial charge in [-0.05, 0) is 36.9 Å². The van der Waals surface area contributed by atoms with E-state index in [2.05, 4.69) is 10.3 Å². The first kappa shape index (κ1) is 18.4. The minimum absolute atomic E-state index is 0.0666. The molecule has 0 saturated heterocycles. The van der Waals surface area contributed by atoms with E-state index in [1.165, 1.54) is 30.0 Å². The van der Waals surface area contributed by atoms with Gasteiger partial charge in [0.15, 0.2) is 6.61 Å². The molecular weight excluding hydrogens is 346 g/mol. The van der Waals surface area contributed by atoms with Crippen molar-refractivity contribution in [1.29, 1.82) is 0 Å². The summed E-state index contributed by atoms with van der Waals surface area (Å²) in [7, 11) is 0. The second-order valence-electron chi connectivity index (χ2n) is 4.94. The van der Waals surface area contributed by atoms with Gasteiger partial charge in [-0.2, -0.15) is 0 Å². The first-order chi connectivity index (χ1) is 11.9. The van der Waals surface area contributed by atoms with E-state index >= 15 is 0 Å². The SMILES string of the molecule is CSc1ncccc1C(=O)OCC(=O)Nc1ccc([N+](=O)[O-])cc1C. The van der Waals surface area contributed by atoms with Gasteiger partial charge in [0.05, 0.1) is 10.5 Å². The Morgan fingerprint density at radius 1 is 1.36 bits per heavy atom. The van der Waals surface area contributed by atoms with Gasteiger partial charge in [0.1, 0.15) is 5.03 Å². The molecule has 130 valence electrons. The molecule has 1 aromatic carbocycles. The molecule has 0 aliphatic carbocycles. The van der Waals surface area contributed by atoms with Gasteiger partial charge in [0.2, 0.25) is 0 Å². The van der Waals surface area contributed by atoms with E-state index < -0.39 is 23.4 Å². The Balaban J connectivity index is 1.97. The van der Waals surface area contributed by atoms with Crippen LogP contribution in [0.25, 0.3) is 0 Å². The van der Waals surface area contributed by atoms with Crippen LogP contribution in [0.4, 0.5) is 11.4 Å². The van der Waals surface area contributed by atoms with Crippen LogP contribution < -0.4 is 5.32 Å². The molecule has 0 atom stereocenters. The molecular formula is C16H15N3O5S. The zero-order valence-electron chi connectivity index (χ0n) is 13.5. The van der Waals surface area contributed by atoms with Gasteiger partial charge in [-0.3, -0.25) is 14.9 Å². The maximum Gasteiger partial charge on any atom is 0.341 e. The third kappa shape index (κ3) is 4.77. The number of pyridine rings is 1. The summed E-state index contributed by atoms with van der Waals surface area (Å²) in [6.07, 6.45) is 3.34. The summed E-state index contributed by atoms with van der Waals surface area (Å²) in [6, 6.07) is 7.24. The van der Waals surface area contributed by atoms with E-state index in [0.29, 0.717) is 16.3 Å². The lowest BCUT2D eigenvalue weighted by atomic mass is 10.2. The number of aromatic nitrogens is 1. The van der Waals surface area contributed by atoms with Crippen molar-refractivity contribution in [3.05, 3.63) is 57.8 Å². The number of carbonyl (C=O) groups excluding carboxylic acids is 2. The number of nitro groups is 1. The number of esters is 1. The molecule has 0 aliphatic heterocycles. The number of thioether (sulfide) groups is 1. The number of nitrogens with one attached hydrogen (secondary N) is 1. The molecule has 1 amide bonds. The summed E-state index contributed by atoms with van der Waals surface area (Å²) in [5, 5.41) is 13.8. The van der Waals surface area contributed by atoms with Crippen molar-refractivity contribution >= 4 is 35.0 Å². The van der Waals surface area contributed by atoms with E-state index in [0.717, 1.165) is 0 Å². The van der Waals surface area contributed by atoms with Gasteiger partial charge in [-0.15, -0.1) is 11.8 Å². The van der Waals surface area contributed by atoms with Gasteiger partial charge in [-0.25, -0.2) is 9.78 Å². The molecule has 1 aromatic heterocycles. The van der Waals surface area contributed by atoms with Gasteiger partial charge in [0.25, 0.3) is 11.6 Å². The number of rotatable bonds is 6. The van der Waals surface area contributed by atoms with E-state index in [4.69, 9.17) is 4.74 Å². The monoisotopic (exact) mass is 361 g/mol. The fourth-order valence-corrected chi connectivity index (χ4v) is 2.54. The number of hydrogen-bond acceptors (Lipinski definition) is 7. The van der Waals surface area contributed by atoms with Gasteiger partial charge >= 0.3 is 5.97 Å². The minimum atomic E-state index is -0.645. The fourth-order valence-electron chi connectivity index (χ4n) is 2.01. The highest BCUT2D eigenvalue weighted by atomic mass is 32.2. The van der Waals surface area contributed by atoms with E-state index in [9.17, 15) is 19.7 Å². The van der Waals surface area contributed by atoms with Crippen LogP contribution in [0.5, 0.6) is 0 Å². The number of benzene rings is 1. The molecule has 0 saturated carbocycles. The predicted octanol–water partition coefficient (Wildman–Crippen LogP) is 2.82. The number of hydrogen-bond donors (Lipinski definition) is 1. The number of nitro benzene ring substituents is 1. The van der Waals surface area contributed by atoms with Crippen LogP contribution >= 0.6 is 11.8 Å². The zero-order chi connectivity index (χ0) is 18.4. The Bertz CT molecular complexity index is 825. The van der Waals surface area contributed by atoms with Crippen molar-refractivity contribution in [2.45, 2.75) is 11.9 Å². The summed E-state index contributed by atoms with van der Waals surface area (Å²) >= 11 is 1.30. The molecule has 8 nitrogen and oxygen atoms in total. The lowest BCUT2D eigenvalue weighted by Gasteiger charge is -2.09. The first-order valence-electron chi connectivity index (χ1n) is 7.13. The molecule has 0 fully saturated rings. The van der Waals surface area contributed by atoms with Crippen molar-refractivity contribution in [2.75, 3.05) is 18.2 Å². The molecule has 0 unspecified atom stereocenters. The fraction of sp³-hybridized carbons (Fsp3) is 0.188. The molecule has 2 aromatic rings. The quantitative estimate of drug-likeness (QED) is 0.364. The highest BCUT2D eigenvalue weighted by Crippen LogP contribution is 2.21. The molecule has 25 heavy (non-hydrogen) atoms. The predicted molar refractivity (Wildman–Crippen MR) is 92.8 cm³/mol. The minimum Gasteiger partial charge on any atom is -0.452 e. The molecule has 0 aliphatic rings. The lowest BCUT2D eigenvalue weighted by Crippen LogP contribution is -2.21. The second kappa shape index (κ2) is 8.25. The van der Waals surface area contributed by atoms with Gasteiger partial charge in [-0.1, -0.05) is 0 Å². The third-order valence-electron chi connectivity index (χ3n) is 3.21. The number of amides is 1. The average molecular weight is 361 g/mol. The van der Waals surface area contributed by atoms with Crippen molar-refractivity contribution in [2.24, 2.45) is 0 Å². The summed E-state index contributed by atoms with van der Waals surface area (Å²) in [6.45, 7) is 1.16. The first-order valence-corrected chi connectivity index (χ1v) is 8.36. The lowest BCUT2D eigenvalue weighted by molar-refractivity contribution is -0.384. The summed E-state index contributed by atoms with van der Waals surface area (Å²) < 4.78 is 4.99. The smallest absolute Gasteiger partial charge is 0.341 e. The number of nitrogens with zero attached hydrogens (tertiary/aromatic N) is 2. The van der Waals surface area contributed by atoms with Gasteiger partial charge in [0, 0.05) is 24.0 Å². The number of carbonyl (C=O) groups is 2. The van der Waals surface area contributed by atoms with Crippen molar-refractivity contribution in [3.63, 3.8) is 0 Å². The Hall–Kier alpha value is -2.94.